The Bertz CT molecular complexity index is 178. The van der Waals surface area contributed by atoms with Crippen molar-refractivity contribution in [1.82, 2.24) is 0 Å². The lowest BCUT2D eigenvalue weighted by molar-refractivity contribution is 0.558. The Morgan fingerprint density at radius 3 is 0.444 bits per heavy atom. The van der Waals surface area contributed by atoms with Crippen LogP contribution in [-0.2, 0) is 8.23 Å². The zero-order valence-corrected chi connectivity index (χ0v) is 18.8. The first-order valence-corrected chi connectivity index (χ1v) is 20.4. The van der Waals surface area contributed by atoms with E-state index in [-0.39, 0.29) is 0 Å². The summed E-state index contributed by atoms with van der Waals surface area (Å²) in [6.07, 6.45) is 0. The highest BCUT2D eigenvalue weighted by molar-refractivity contribution is 6.84. The second-order valence-electron chi connectivity index (χ2n) is 8.65. The Labute approximate surface area is 120 Å². The quantitative estimate of drug-likeness (QED) is 0.649. The van der Waals surface area contributed by atoms with Gasteiger partial charge in [-0.25, -0.2) is 0 Å². The van der Waals surface area contributed by atoms with Gasteiger partial charge < -0.3 is 8.23 Å². The molecule has 0 saturated heterocycles. The third kappa shape index (κ3) is 25.6. The standard InChI is InChI=1S/2C6H18OSi2/c2*1-8(2,3)7-9(4,5)6/h2*1-6H3. The summed E-state index contributed by atoms with van der Waals surface area (Å²) in [6, 6.07) is 0. The fourth-order valence-electron chi connectivity index (χ4n) is 1.84. The van der Waals surface area contributed by atoms with E-state index in [2.05, 4.69) is 78.6 Å². The van der Waals surface area contributed by atoms with E-state index in [1.807, 2.05) is 0 Å². The van der Waals surface area contributed by atoms with Crippen LogP contribution in [0.2, 0.25) is 78.6 Å². The van der Waals surface area contributed by atoms with Crippen molar-refractivity contribution in [3.63, 3.8) is 0 Å². The lowest BCUT2D eigenvalue weighted by Gasteiger charge is -2.27. The van der Waals surface area contributed by atoms with Crippen LogP contribution < -0.4 is 0 Å². The Kier molecular flexibility index (Phi) is 8.19. The molecule has 0 heterocycles. The molecule has 0 aliphatic rings. The van der Waals surface area contributed by atoms with Crippen molar-refractivity contribution in [1.29, 1.82) is 0 Å². The maximum atomic E-state index is 5.90. The van der Waals surface area contributed by atoms with Gasteiger partial charge in [0.1, 0.15) is 0 Å². The molecule has 0 aliphatic heterocycles. The second-order valence-corrected chi connectivity index (χ2v) is 27.2. The molecule has 18 heavy (non-hydrogen) atoms. The first-order valence-electron chi connectivity index (χ1n) is 6.82. The van der Waals surface area contributed by atoms with Crippen LogP contribution in [0.15, 0.2) is 0 Å². The molecule has 0 amide bonds. The third-order valence-electron chi connectivity index (χ3n) is 1.22. The van der Waals surface area contributed by atoms with Gasteiger partial charge in [-0.05, 0) is 78.6 Å². The van der Waals surface area contributed by atoms with Crippen LogP contribution in [-0.4, -0.2) is 33.3 Å². The van der Waals surface area contributed by atoms with Crippen LogP contribution in [0.5, 0.6) is 0 Å². The molecule has 2 nitrogen and oxygen atoms in total. The van der Waals surface area contributed by atoms with Crippen molar-refractivity contribution in [2.75, 3.05) is 0 Å². The maximum Gasteiger partial charge on any atom is 0.170 e. The minimum absolute atomic E-state index is 1.23. The van der Waals surface area contributed by atoms with Crippen LogP contribution >= 0.6 is 0 Å². The summed E-state index contributed by atoms with van der Waals surface area (Å²) in [5.41, 5.74) is 0. The molecule has 0 saturated carbocycles. The van der Waals surface area contributed by atoms with E-state index in [9.17, 15) is 0 Å². The van der Waals surface area contributed by atoms with E-state index in [0.717, 1.165) is 0 Å². The highest BCUT2D eigenvalue weighted by Gasteiger charge is 2.24. The zero-order valence-electron chi connectivity index (χ0n) is 14.8. The van der Waals surface area contributed by atoms with Gasteiger partial charge in [0.05, 0.1) is 0 Å². The van der Waals surface area contributed by atoms with E-state index in [0.29, 0.717) is 0 Å². The van der Waals surface area contributed by atoms with E-state index in [1.165, 1.54) is 0 Å². The van der Waals surface area contributed by atoms with Crippen LogP contribution in [0.3, 0.4) is 0 Å². The molecule has 0 N–H and O–H groups in total. The Hall–Kier alpha value is 0.788. The Morgan fingerprint density at radius 2 is 0.444 bits per heavy atom. The minimum atomic E-state index is -1.23. The zero-order chi connectivity index (χ0) is 15.4. The Morgan fingerprint density at radius 1 is 0.333 bits per heavy atom. The van der Waals surface area contributed by atoms with Gasteiger partial charge in [-0.15, -0.1) is 0 Å². The van der Waals surface area contributed by atoms with Gasteiger partial charge in [0.15, 0.2) is 33.3 Å². The van der Waals surface area contributed by atoms with Crippen molar-refractivity contribution in [2.45, 2.75) is 78.6 Å². The summed E-state index contributed by atoms with van der Waals surface area (Å²) in [5, 5.41) is 0. The van der Waals surface area contributed by atoms with Crippen molar-refractivity contribution in [2.24, 2.45) is 0 Å². The summed E-state index contributed by atoms with van der Waals surface area (Å²) in [6.45, 7) is 26.9. The van der Waals surface area contributed by atoms with Crippen molar-refractivity contribution in [3.05, 3.63) is 0 Å². The molecule has 112 valence electrons. The molecule has 0 radical (unpaired) electrons. The van der Waals surface area contributed by atoms with Crippen molar-refractivity contribution >= 4 is 33.3 Å². The lowest BCUT2D eigenvalue weighted by atomic mass is 11.8. The lowest BCUT2D eigenvalue weighted by Crippen LogP contribution is -2.39. The predicted molar refractivity (Wildman–Crippen MR) is 95.6 cm³/mol. The van der Waals surface area contributed by atoms with E-state index in [1.54, 1.807) is 0 Å². The summed E-state index contributed by atoms with van der Waals surface area (Å²) in [7, 11) is -4.92. The van der Waals surface area contributed by atoms with Crippen molar-refractivity contribution in [3.8, 4) is 0 Å². The van der Waals surface area contributed by atoms with Crippen LogP contribution in [0.1, 0.15) is 0 Å². The normalized spacial score (nSPS) is 14.0. The summed E-state index contributed by atoms with van der Waals surface area (Å²) in [5.74, 6) is 0. The minimum Gasteiger partial charge on any atom is -0.456 e. The van der Waals surface area contributed by atoms with Crippen LogP contribution in [0.4, 0.5) is 0 Å². The van der Waals surface area contributed by atoms with Crippen LogP contribution in [0.25, 0.3) is 0 Å². The Balaban J connectivity index is 0. The van der Waals surface area contributed by atoms with Gasteiger partial charge in [-0.1, -0.05) is 0 Å². The molecule has 0 aromatic rings. The molecule has 0 fully saturated rings. The molecule has 6 heteroatoms. The summed E-state index contributed by atoms with van der Waals surface area (Å²) in [4.78, 5) is 0. The molecular weight excluding hydrogens is 288 g/mol. The van der Waals surface area contributed by atoms with Crippen molar-refractivity contribution < 1.29 is 8.23 Å². The SMILES string of the molecule is C[Si](C)(C)O[Si](C)(C)C.C[Si](C)(C)O[Si](C)(C)C. The molecule has 0 unspecified atom stereocenters. The first kappa shape index (κ1) is 21.1. The van der Waals surface area contributed by atoms with E-state index in [4.69, 9.17) is 8.23 Å². The van der Waals surface area contributed by atoms with E-state index < -0.39 is 33.3 Å². The van der Waals surface area contributed by atoms with E-state index >= 15 is 0 Å². The molecule has 0 aromatic carbocycles. The molecule has 0 aliphatic carbocycles. The maximum absolute atomic E-state index is 5.90. The summed E-state index contributed by atoms with van der Waals surface area (Å²) >= 11 is 0. The smallest absolute Gasteiger partial charge is 0.170 e. The second kappa shape index (κ2) is 6.99. The predicted octanol–water partition coefficient (Wildman–Crippen LogP) is 5.35. The van der Waals surface area contributed by atoms with Gasteiger partial charge in [0.25, 0.3) is 0 Å². The van der Waals surface area contributed by atoms with Crippen LogP contribution in [0, 0.1) is 0 Å². The number of hydrogen-bond donors (Lipinski definition) is 0. The molecule has 0 spiro atoms. The first-order chi connectivity index (χ1) is 7.41. The monoisotopic (exact) mass is 324 g/mol. The van der Waals surface area contributed by atoms with Gasteiger partial charge in [0.2, 0.25) is 0 Å². The topological polar surface area (TPSA) is 18.5 Å². The molecule has 0 atom stereocenters. The third-order valence-corrected chi connectivity index (χ3v) is 11.0. The number of hydrogen-bond acceptors (Lipinski definition) is 2. The molecule has 0 rings (SSSR count). The molecular formula is C12H36O2Si4. The average Bonchev–Trinajstić information content (AvgIpc) is 1.64. The fourth-order valence-corrected chi connectivity index (χ4v) is 16.5. The van der Waals surface area contributed by atoms with Gasteiger partial charge >= 0.3 is 0 Å². The number of rotatable bonds is 4. The molecule has 0 aromatic heterocycles. The van der Waals surface area contributed by atoms with Gasteiger partial charge in [0, 0.05) is 0 Å². The highest BCUT2D eigenvalue weighted by Crippen LogP contribution is 2.13. The fraction of sp³-hybridized carbons (Fsp3) is 1.00. The molecule has 0 bridgehead atoms. The van der Waals surface area contributed by atoms with Gasteiger partial charge in [-0.3, -0.25) is 0 Å². The summed E-state index contributed by atoms with van der Waals surface area (Å²) < 4.78 is 11.8. The van der Waals surface area contributed by atoms with Gasteiger partial charge in [-0.2, -0.15) is 0 Å². The largest absolute Gasteiger partial charge is 0.456 e. The highest BCUT2D eigenvalue weighted by atomic mass is 28.4. The average molecular weight is 325 g/mol.